The third kappa shape index (κ3) is 4.68. The van der Waals surface area contributed by atoms with Crippen LogP contribution in [0.4, 0.5) is 16.2 Å². The number of anilines is 2. The first kappa shape index (κ1) is 18.9. The second-order valence-corrected chi connectivity index (χ2v) is 7.99. The first-order chi connectivity index (χ1) is 13.7. The van der Waals surface area contributed by atoms with Crippen LogP contribution in [0.3, 0.4) is 0 Å². The van der Waals surface area contributed by atoms with Gasteiger partial charge in [0.05, 0.1) is 12.8 Å². The maximum absolute atomic E-state index is 12.6. The molecule has 0 saturated carbocycles. The molecule has 4 rings (SSSR count). The number of amides is 2. The smallest absolute Gasteiger partial charge is 0.321 e. The molecule has 0 aliphatic carbocycles. The van der Waals surface area contributed by atoms with Gasteiger partial charge < -0.3 is 19.5 Å². The highest BCUT2D eigenvalue weighted by molar-refractivity contribution is 5.89. The minimum atomic E-state index is -0.0165. The Kier molecular flexibility index (Phi) is 5.86. The van der Waals surface area contributed by atoms with E-state index in [-0.39, 0.29) is 6.03 Å². The van der Waals surface area contributed by atoms with Gasteiger partial charge in [0, 0.05) is 50.6 Å². The number of nitrogens with one attached hydrogen (secondary N) is 1. The van der Waals surface area contributed by atoms with E-state index in [1.54, 1.807) is 6.26 Å². The maximum atomic E-state index is 12.6. The molecule has 2 aromatic rings. The highest BCUT2D eigenvalue weighted by atomic mass is 16.3. The summed E-state index contributed by atoms with van der Waals surface area (Å²) in [4.78, 5) is 19.2. The number of furan rings is 1. The molecule has 0 bridgehead atoms. The van der Waals surface area contributed by atoms with Crippen LogP contribution in [0.1, 0.15) is 25.5 Å². The largest absolute Gasteiger partial charge is 0.468 e. The van der Waals surface area contributed by atoms with Crippen LogP contribution in [0.25, 0.3) is 0 Å². The van der Waals surface area contributed by atoms with Crippen LogP contribution in [0, 0.1) is 5.92 Å². The molecule has 2 amide bonds. The van der Waals surface area contributed by atoms with Crippen molar-refractivity contribution < 1.29 is 9.21 Å². The lowest BCUT2D eigenvalue weighted by molar-refractivity contribution is 0.137. The summed E-state index contributed by atoms with van der Waals surface area (Å²) in [6, 6.07) is 12.2. The van der Waals surface area contributed by atoms with Gasteiger partial charge in [-0.05, 0) is 55.2 Å². The Morgan fingerprint density at radius 1 is 1.04 bits per heavy atom. The number of piperazine rings is 1. The van der Waals surface area contributed by atoms with Crippen molar-refractivity contribution in [2.24, 2.45) is 5.92 Å². The third-order valence-electron chi connectivity index (χ3n) is 5.89. The van der Waals surface area contributed by atoms with E-state index in [4.69, 9.17) is 4.42 Å². The predicted molar refractivity (Wildman–Crippen MR) is 112 cm³/mol. The molecular weight excluding hydrogens is 352 g/mol. The summed E-state index contributed by atoms with van der Waals surface area (Å²) in [5.74, 6) is 1.80. The Bertz CT molecular complexity index is 743. The topological polar surface area (TPSA) is 52.0 Å². The normalized spacial score (nSPS) is 19.0. The van der Waals surface area contributed by atoms with Gasteiger partial charge in [0.2, 0.25) is 0 Å². The summed E-state index contributed by atoms with van der Waals surface area (Å²) in [5, 5.41) is 3.04. The number of rotatable bonds is 4. The molecule has 150 valence electrons. The maximum Gasteiger partial charge on any atom is 0.321 e. The number of carbonyl (C=O) groups excluding carboxylic acids is 1. The number of hydrogen-bond acceptors (Lipinski definition) is 4. The molecule has 1 aromatic carbocycles. The molecule has 0 radical (unpaired) electrons. The minimum Gasteiger partial charge on any atom is -0.468 e. The Labute approximate surface area is 167 Å². The molecule has 2 fully saturated rings. The molecule has 3 heterocycles. The summed E-state index contributed by atoms with van der Waals surface area (Å²) in [6.07, 6.45) is 4.21. The summed E-state index contributed by atoms with van der Waals surface area (Å²) in [6.45, 7) is 8.56. The van der Waals surface area contributed by atoms with Crippen molar-refractivity contribution in [1.82, 2.24) is 9.80 Å². The van der Waals surface area contributed by atoms with Crippen LogP contribution in [0.5, 0.6) is 0 Å². The molecule has 1 aromatic heterocycles. The standard InChI is InChI=1S/C22H30N4O2/c1-18-8-10-25(11-9-18)20-6-4-19(5-7-20)23-22(27)26-14-12-24(13-15-26)17-21-3-2-16-28-21/h2-7,16,18H,8-15,17H2,1H3,(H,23,27). The zero-order valence-electron chi connectivity index (χ0n) is 16.6. The van der Waals surface area contributed by atoms with Crippen LogP contribution < -0.4 is 10.2 Å². The molecule has 1 N–H and O–H groups in total. The van der Waals surface area contributed by atoms with E-state index >= 15 is 0 Å². The van der Waals surface area contributed by atoms with Gasteiger partial charge in [0.25, 0.3) is 0 Å². The lowest BCUT2D eigenvalue weighted by Gasteiger charge is -2.34. The van der Waals surface area contributed by atoms with Crippen LogP contribution >= 0.6 is 0 Å². The van der Waals surface area contributed by atoms with E-state index in [1.807, 2.05) is 29.2 Å². The summed E-state index contributed by atoms with van der Waals surface area (Å²) < 4.78 is 5.41. The van der Waals surface area contributed by atoms with Gasteiger partial charge >= 0.3 is 6.03 Å². The number of nitrogens with zero attached hydrogens (tertiary/aromatic N) is 3. The third-order valence-corrected chi connectivity index (χ3v) is 5.89. The van der Waals surface area contributed by atoms with Gasteiger partial charge in [-0.3, -0.25) is 4.90 Å². The van der Waals surface area contributed by atoms with Gasteiger partial charge in [0.1, 0.15) is 5.76 Å². The average molecular weight is 383 g/mol. The van der Waals surface area contributed by atoms with Gasteiger partial charge in [-0.2, -0.15) is 0 Å². The number of benzene rings is 1. The highest BCUT2D eigenvalue weighted by Gasteiger charge is 2.22. The van der Waals surface area contributed by atoms with E-state index < -0.39 is 0 Å². The Hall–Kier alpha value is -2.47. The summed E-state index contributed by atoms with van der Waals surface area (Å²) in [5.41, 5.74) is 2.11. The van der Waals surface area contributed by atoms with Gasteiger partial charge in [-0.1, -0.05) is 6.92 Å². The van der Waals surface area contributed by atoms with E-state index in [9.17, 15) is 4.79 Å². The number of hydrogen-bond donors (Lipinski definition) is 1. The fourth-order valence-electron chi connectivity index (χ4n) is 3.96. The zero-order valence-corrected chi connectivity index (χ0v) is 16.6. The number of carbonyl (C=O) groups is 1. The molecular formula is C22H30N4O2. The summed E-state index contributed by atoms with van der Waals surface area (Å²) >= 11 is 0. The van der Waals surface area contributed by atoms with Crippen LogP contribution in [-0.2, 0) is 6.54 Å². The van der Waals surface area contributed by atoms with Crippen molar-refractivity contribution in [2.75, 3.05) is 49.5 Å². The second kappa shape index (κ2) is 8.69. The molecule has 6 nitrogen and oxygen atoms in total. The second-order valence-electron chi connectivity index (χ2n) is 7.99. The predicted octanol–water partition coefficient (Wildman–Crippen LogP) is 3.87. The van der Waals surface area contributed by atoms with Crippen molar-refractivity contribution in [3.05, 3.63) is 48.4 Å². The number of urea groups is 1. The zero-order chi connectivity index (χ0) is 19.3. The molecule has 0 spiro atoms. The van der Waals surface area contributed by atoms with Crippen LogP contribution in [0.15, 0.2) is 47.1 Å². The molecule has 0 unspecified atom stereocenters. The number of piperidine rings is 1. The van der Waals surface area contributed by atoms with E-state index in [0.29, 0.717) is 0 Å². The Morgan fingerprint density at radius 3 is 2.39 bits per heavy atom. The van der Waals surface area contributed by atoms with Gasteiger partial charge in [-0.15, -0.1) is 0 Å². The molecule has 28 heavy (non-hydrogen) atoms. The van der Waals surface area contributed by atoms with E-state index in [0.717, 1.165) is 63.2 Å². The SMILES string of the molecule is CC1CCN(c2ccc(NC(=O)N3CCN(Cc4ccco4)CC3)cc2)CC1. The molecule has 0 atom stereocenters. The summed E-state index contributed by atoms with van der Waals surface area (Å²) in [7, 11) is 0. The Morgan fingerprint density at radius 2 is 1.75 bits per heavy atom. The fourth-order valence-corrected chi connectivity index (χ4v) is 3.96. The Balaban J connectivity index is 1.25. The molecule has 2 aliphatic rings. The first-order valence-electron chi connectivity index (χ1n) is 10.3. The highest BCUT2D eigenvalue weighted by Crippen LogP contribution is 2.24. The van der Waals surface area contributed by atoms with Crippen LogP contribution in [-0.4, -0.2) is 55.1 Å². The lowest BCUT2D eigenvalue weighted by atomic mass is 9.99. The molecule has 2 saturated heterocycles. The van der Waals surface area contributed by atoms with Gasteiger partial charge in [0.15, 0.2) is 0 Å². The quantitative estimate of drug-likeness (QED) is 0.872. The average Bonchev–Trinajstić information content (AvgIpc) is 3.23. The van der Waals surface area contributed by atoms with Crippen molar-refractivity contribution >= 4 is 17.4 Å². The first-order valence-corrected chi connectivity index (χ1v) is 10.3. The monoisotopic (exact) mass is 382 g/mol. The van der Waals surface area contributed by atoms with Crippen molar-refractivity contribution in [3.8, 4) is 0 Å². The van der Waals surface area contributed by atoms with E-state index in [1.165, 1.54) is 18.5 Å². The lowest BCUT2D eigenvalue weighted by Crippen LogP contribution is -2.49. The van der Waals surface area contributed by atoms with Crippen molar-refractivity contribution in [1.29, 1.82) is 0 Å². The molecule has 6 heteroatoms. The molecule has 2 aliphatic heterocycles. The fraction of sp³-hybridized carbons (Fsp3) is 0.500. The van der Waals surface area contributed by atoms with Crippen LogP contribution in [0.2, 0.25) is 0 Å². The van der Waals surface area contributed by atoms with E-state index in [2.05, 4.69) is 34.2 Å². The minimum absolute atomic E-state index is 0.0165. The van der Waals surface area contributed by atoms with Crippen molar-refractivity contribution in [3.63, 3.8) is 0 Å². The van der Waals surface area contributed by atoms with Gasteiger partial charge in [-0.25, -0.2) is 4.79 Å². The van der Waals surface area contributed by atoms with Crippen molar-refractivity contribution in [2.45, 2.75) is 26.3 Å².